The van der Waals surface area contributed by atoms with Gasteiger partial charge < -0.3 is 20.1 Å². The minimum absolute atomic E-state index is 0.160. The first-order valence-electron chi connectivity index (χ1n) is 13.2. The number of ether oxygens (including phenoxy) is 2. The summed E-state index contributed by atoms with van der Waals surface area (Å²) in [7, 11) is 3.06. The van der Waals surface area contributed by atoms with Crippen molar-refractivity contribution in [3.05, 3.63) is 64.0 Å². The van der Waals surface area contributed by atoms with Gasteiger partial charge in [0.25, 0.3) is 5.91 Å². The molecule has 210 valence electrons. The number of thiophene rings is 1. The Morgan fingerprint density at radius 3 is 2.52 bits per heavy atom. The summed E-state index contributed by atoms with van der Waals surface area (Å²) in [5.74, 6) is 1.13. The van der Waals surface area contributed by atoms with E-state index in [-0.39, 0.29) is 17.2 Å². The number of thioether (sulfide) groups is 1. The molecular formula is C31H35N3O4S2. The standard InChI is InChI=1S/C31H35N3O4S2/c1-18(28(35)34-30-24(17-32)23-12-11-20(31(2,3)4)15-27(23)40-30)39-22-9-7-8-21(16-22)33-29(36)19-10-13-25(37-5)26(14-19)38-6/h7-10,13-14,16,18,20H,11-12,15H2,1-6H3,(H,33,36)(H,34,35). The quantitative estimate of drug-likeness (QED) is 0.276. The Bertz CT molecular complexity index is 1450. The average Bonchev–Trinajstić information content (AvgIpc) is 3.28. The Morgan fingerprint density at radius 1 is 1.10 bits per heavy atom. The van der Waals surface area contributed by atoms with E-state index in [9.17, 15) is 14.9 Å². The molecule has 2 N–H and O–H groups in total. The van der Waals surface area contributed by atoms with Crippen LogP contribution < -0.4 is 20.1 Å². The number of methoxy groups -OCH3 is 2. The van der Waals surface area contributed by atoms with Crippen molar-refractivity contribution in [3.8, 4) is 17.6 Å². The summed E-state index contributed by atoms with van der Waals surface area (Å²) in [5, 5.41) is 16.0. The van der Waals surface area contributed by atoms with Gasteiger partial charge in [0.05, 0.1) is 25.0 Å². The molecule has 0 spiro atoms. The number of benzene rings is 2. The van der Waals surface area contributed by atoms with Crippen molar-refractivity contribution in [2.45, 2.75) is 57.1 Å². The number of carbonyl (C=O) groups is 2. The van der Waals surface area contributed by atoms with E-state index in [1.807, 2.05) is 25.1 Å². The summed E-state index contributed by atoms with van der Waals surface area (Å²) in [6.07, 6.45) is 2.87. The Labute approximate surface area is 244 Å². The number of hydrogen-bond donors (Lipinski definition) is 2. The molecule has 2 atom stereocenters. The van der Waals surface area contributed by atoms with Crippen LogP contribution >= 0.6 is 23.1 Å². The third-order valence-electron chi connectivity index (χ3n) is 7.26. The number of anilines is 2. The van der Waals surface area contributed by atoms with Crippen molar-refractivity contribution in [1.82, 2.24) is 0 Å². The first-order valence-corrected chi connectivity index (χ1v) is 14.9. The van der Waals surface area contributed by atoms with E-state index in [2.05, 4.69) is 37.5 Å². The topological polar surface area (TPSA) is 100 Å². The van der Waals surface area contributed by atoms with E-state index in [0.29, 0.717) is 39.2 Å². The molecule has 0 radical (unpaired) electrons. The summed E-state index contributed by atoms with van der Waals surface area (Å²) in [5.41, 5.74) is 2.96. The van der Waals surface area contributed by atoms with Gasteiger partial charge in [0.2, 0.25) is 5.91 Å². The van der Waals surface area contributed by atoms with Gasteiger partial charge in [0.15, 0.2) is 11.5 Å². The van der Waals surface area contributed by atoms with E-state index >= 15 is 0 Å². The number of hydrogen-bond acceptors (Lipinski definition) is 7. The van der Waals surface area contributed by atoms with E-state index in [4.69, 9.17) is 9.47 Å². The van der Waals surface area contributed by atoms with E-state index in [0.717, 1.165) is 29.7 Å². The van der Waals surface area contributed by atoms with Crippen LogP contribution in [0.25, 0.3) is 0 Å². The number of rotatable bonds is 8. The van der Waals surface area contributed by atoms with Crippen LogP contribution in [0, 0.1) is 22.7 Å². The fourth-order valence-electron chi connectivity index (χ4n) is 4.83. The zero-order valence-corrected chi connectivity index (χ0v) is 25.3. The molecule has 40 heavy (non-hydrogen) atoms. The molecule has 2 aromatic carbocycles. The van der Waals surface area contributed by atoms with Gasteiger partial charge >= 0.3 is 0 Å². The minimum Gasteiger partial charge on any atom is -0.493 e. The van der Waals surface area contributed by atoms with E-state index in [1.165, 1.54) is 23.7 Å². The molecule has 2 unspecified atom stereocenters. The first-order chi connectivity index (χ1) is 19.0. The predicted octanol–water partition coefficient (Wildman–Crippen LogP) is 7.16. The highest BCUT2D eigenvalue weighted by Gasteiger charge is 2.32. The van der Waals surface area contributed by atoms with Gasteiger partial charge in [-0.25, -0.2) is 0 Å². The Hall–Kier alpha value is -3.48. The van der Waals surface area contributed by atoms with Crippen LogP contribution in [0.15, 0.2) is 47.4 Å². The van der Waals surface area contributed by atoms with Gasteiger partial charge in [-0.3, -0.25) is 9.59 Å². The van der Waals surface area contributed by atoms with Crippen molar-refractivity contribution >= 4 is 45.6 Å². The lowest BCUT2D eigenvalue weighted by atomic mass is 9.72. The highest BCUT2D eigenvalue weighted by molar-refractivity contribution is 8.00. The maximum Gasteiger partial charge on any atom is 0.255 e. The molecule has 4 rings (SSSR count). The molecular weight excluding hydrogens is 542 g/mol. The van der Waals surface area contributed by atoms with Gasteiger partial charge in [-0.1, -0.05) is 26.8 Å². The van der Waals surface area contributed by atoms with Gasteiger partial charge in [0.1, 0.15) is 11.1 Å². The zero-order valence-electron chi connectivity index (χ0n) is 23.7. The fourth-order valence-corrected chi connectivity index (χ4v) is 7.04. The highest BCUT2D eigenvalue weighted by Crippen LogP contribution is 2.44. The summed E-state index contributed by atoms with van der Waals surface area (Å²) in [6, 6.07) is 14.7. The maximum absolute atomic E-state index is 13.2. The van der Waals surface area contributed by atoms with Gasteiger partial charge in [-0.15, -0.1) is 23.1 Å². The molecule has 3 aromatic rings. The lowest BCUT2D eigenvalue weighted by Gasteiger charge is -2.33. The van der Waals surface area contributed by atoms with Crippen molar-refractivity contribution in [1.29, 1.82) is 5.26 Å². The normalized spacial score (nSPS) is 15.4. The lowest BCUT2D eigenvalue weighted by Crippen LogP contribution is -2.26. The Kier molecular flexibility index (Phi) is 9.12. The summed E-state index contributed by atoms with van der Waals surface area (Å²) in [4.78, 5) is 28.1. The fraction of sp³-hybridized carbons (Fsp3) is 0.387. The maximum atomic E-state index is 13.2. The van der Waals surface area contributed by atoms with E-state index < -0.39 is 5.25 Å². The number of nitrogens with one attached hydrogen (secondary N) is 2. The highest BCUT2D eigenvalue weighted by atomic mass is 32.2. The number of nitriles is 1. The molecule has 2 amide bonds. The summed E-state index contributed by atoms with van der Waals surface area (Å²) < 4.78 is 10.5. The Balaban J connectivity index is 1.41. The second-order valence-electron chi connectivity index (χ2n) is 10.9. The molecule has 0 aliphatic heterocycles. The zero-order chi connectivity index (χ0) is 29.0. The third kappa shape index (κ3) is 6.62. The molecule has 1 aliphatic carbocycles. The van der Waals surface area contributed by atoms with Crippen LogP contribution in [0.1, 0.15) is 60.5 Å². The summed E-state index contributed by atoms with van der Waals surface area (Å²) in [6.45, 7) is 8.63. The SMILES string of the molecule is COc1ccc(C(=O)Nc2cccc(SC(C)C(=O)Nc3sc4c(c3C#N)CCC(C(C)(C)C)C4)c2)cc1OC. The molecule has 0 fully saturated rings. The molecule has 1 aliphatic rings. The van der Waals surface area contributed by atoms with Gasteiger partial charge in [0, 0.05) is 21.0 Å². The number of carbonyl (C=O) groups excluding carboxylic acids is 2. The first kappa shape index (κ1) is 29.5. The number of nitrogens with zero attached hydrogens (tertiary/aromatic N) is 1. The Morgan fingerprint density at radius 2 is 1.85 bits per heavy atom. The minimum atomic E-state index is -0.412. The largest absolute Gasteiger partial charge is 0.493 e. The monoisotopic (exact) mass is 577 g/mol. The van der Waals surface area contributed by atoms with Crippen molar-refractivity contribution in [3.63, 3.8) is 0 Å². The van der Waals surface area contributed by atoms with Crippen LogP contribution in [0.5, 0.6) is 11.5 Å². The van der Waals surface area contributed by atoms with Crippen LogP contribution in [0.3, 0.4) is 0 Å². The van der Waals surface area contributed by atoms with E-state index in [1.54, 1.807) is 42.7 Å². The van der Waals surface area contributed by atoms with Crippen molar-refractivity contribution in [2.75, 3.05) is 24.9 Å². The third-order valence-corrected chi connectivity index (χ3v) is 9.52. The number of fused-ring (bicyclic) bond motifs is 1. The van der Waals surface area contributed by atoms with Crippen LogP contribution in [-0.4, -0.2) is 31.3 Å². The van der Waals surface area contributed by atoms with Crippen molar-refractivity contribution in [2.24, 2.45) is 11.3 Å². The molecule has 7 nitrogen and oxygen atoms in total. The molecule has 1 aromatic heterocycles. The van der Waals surface area contributed by atoms with Crippen molar-refractivity contribution < 1.29 is 19.1 Å². The van der Waals surface area contributed by atoms with Gasteiger partial charge in [-0.05, 0) is 79.5 Å². The number of amides is 2. The lowest BCUT2D eigenvalue weighted by molar-refractivity contribution is -0.115. The van der Waals surface area contributed by atoms with Gasteiger partial charge in [-0.2, -0.15) is 5.26 Å². The molecule has 0 saturated heterocycles. The molecule has 1 heterocycles. The predicted molar refractivity (Wildman–Crippen MR) is 162 cm³/mol. The smallest absolute Gasteiger partial charge is 0.255 e. The second-order valence-corrected chi connectivity index (χ2v) is 13.4. The molecule has 0 saturated carbocycles. The second kappa shape index (κ2) is 12.4. The molecule has 0 bridgehead atoms. The molecule has 9 heteroatoms. The summed E-state index contributed by atoms with van der Waals surface area (Å²) >= 11 is 2.94. The average molecular weight is 578 g/mol. The van der Waals surface area contributed by atoms with Crippen LogP contribution in [0.2, 0.25) is 0 Å². The van der Waals surface area contributed by atoms with Crippen LogP contribution in [-0.2, 0) is 17.6 Å². The van der Waals surface area contributed by atoms with Crippen LogP contribution in [0.4, 0.5) is 10.7 Å².